The van der Waals surface area contributed by atoms with Crippen LogP contribution in [0.25, 0.3) is 0 Å². The van der Waals surface area contributed by atoms with Gasteiger partial charge in [-0.25, -0.2) is 0 Å². The maximum Gasteiger partial charge on any atom is 0.230 e. The van der Waals surface area contributed by atoms with Gasteiger partial charge in [-0.05, 0) is 31.4 Å². The van der Waals surface area contributed by atoms with E-state index in [0.717, 1.165) is 32.4 Å². The van der Waals surface area contributed by atoms with Crippen LogP contribution < -0.4 is 10.6 Å². The van der Waals surface area contributed by atoms with E-state index in [9.17, 15) is 4.79 Å². The summed E-state index contributed by atoms with van der Waals surface area (Å²) in [5.41, 5.74) is 0.951. The maximum atomic E-state index is 12.3. The zero-order valence-corrected chi connectivity index (χ0v) is 9.91. The van der Waals surface area contributed by atoms with Crippen LogP contribution in [0, 0.1) is 0 Å². The molecule has 2 N–H and O–H groups in total. The summed E-state index contributed by atoms with van der Waals surface area (Å²) in [6, 6.07) is 10.5. The molecule has 3 rings (SSSR count). The number of hydrogen-bond acceptors (Lipinski definition) is 2. The number of rotatable bonds is 3. The summed E-state index contributed by atoms with van der Waals surface area (Å²) in [7, 11) is 0. The van der Waals surface area contributed by atoms with Crippen LogP contribution in [0.3, 0.4) is 0 Å². The average Bonchev–Trinajstić information content (AvgIpc) is 3.04. The van der Waals surface area contributed by atoms with Gasteiger partial charge in [-0.3, -0.25) is 4.79 Å². The first kappa shape index (κ1) is 10.8. The Kier molecular flexibility index (Phi) is 2.63. The zero-order valence-electron chi connectivity index (χ0n) is 9.91. The first-order chi connectivity index (χ1) is 8.31. The normalized spacial score (nSPS) is 25.5. The molecule has 0 spiro atoms. The molecule has 3 nitrogen and oxygen atoms in total. The molecule has 1 amide bonds. The molecule has 1 aliphatic heterocycles. The van der Waals surface area contributed by atoms with E-state index in [2.05, 4.69) is 22.8 Å². The Bertz CT molecular complexity index is 405. The largest absolute Gasteiger partial charge is 0.351 e. The first-order valence-electron chi connectivity index (χ1n) is 6.38. The van der Waals surface area contributed by atoms with Crippen molar-refractivity contribution in [2.24, 2.45) is 0 Å². The Morgan fingerprint density at radius 1 is 1.29 bits per heavy atom. The highest BCUT2D eigenvalue weighted by molar-refractivity contribution is 5.91. The molecule has 90 valence electrons. The second-order valence-electron chi connectivity index (χ2n) is 5.11. The molecule has 1 heterocycles. The van der Waals surface area contributed by atoms with Gasteiger partial charge in [-0.1, -0.05) is 30.3 Å². The molecular weight excluding hydrogens is 212 g/mol. The van der Waals surface area contributed by atoms with Crippen molar-refractivity contribution < 1.29 is 4.79 Å². The standard InChI is InChI=1S/C14H18N2O/c17-13(16-12-6-9-15-10-12)14(7-8-14)11-4-2-1-3-5-11/h1-5,12,15H,6-10H2,(H,16,17)/t12-/m0/s1. The van der Waals surface area contributed by atoms with Crippen LogP contribution in [0.2, 0.25) is 0 Å². The van der Waals surface area contributed by atoms with E-state index < -0.39 is 0 Å². The fourth-order valence-electron chi connectivity index (χ4n) is 2.63. The number of carbonyl (C=O) groups is 1. The summed E-state index contributed by atoms with van der Waals surface area (Å²) in [5, 5.41) is 6.45. The van der Waals surface area contributed by atoms with E-state index in [1.165, 1.54) is 5.56 Å². The molecule has 0 bridgehead atoms. The lowest BCUT2D eigenvalue weighted by Crippen LogP contribution is -2.42. The second-order valence-corrected chi connectivity index (χ2v) is 5.11. The Morgan fingerprint density at radius 3 is 2.65 bits per heavy atom. The topological polar surface area (TPSA) is 41.1 Å². The van der Waals surface area contributed by atoms with Crippen molar-refractivity contribution in [1.82, 2.24) is 10.6 Å². The van der Waals surface area contributed by atoms with Gasteiger partial charge in [0.1, 0.15) is 0 Å². The van der Waals surface area contributed by atoms with Crippen molar-refractivity contribution in [2.45, 2.75) is 30.7 Å². The van der Waals surface area contributed by atoms with E-state index in [1.807, 2.05) is 18.2 Å². The third-order valence-corrected chi connectivity index (χ3v) is 3.91. The highest BCUT2D eigenvalue weighted by Gasteiger charge is 2.51. The smallest absolute Gasteiger partial charge is 0.230 e. The molecule has 0 unspecified atom stereocenters. The molecule has 1 aromatic carbocycles. The van der Waals surface area contributed by atoms with Gasteiger partial charge in [0, 0.05) is 12.6 Å². The SMILES string of the molecule is O=C(N[C@H]1CCNC1)C1(c2ccccc2)CC1. The lowest BCUT2D eigenvalue weighted by atomic mass is 9.94. The van der Waals surface area contributed by atoms with Crippen LogP contribution >= 0.6 is 0 Å². The number of carbonyl (C=O) groups excluding carboxylic acids is 1. The molecule has 3 heteroatoms. The summed E-state index contributed by atoms with van der Waals surface area (Å²) in [5.74, 6) is 0.220. The Labute approximate surface area is 102 Å². The molecule has 1 aliphatic carbocycles. The highest BCUT2D eigenvalue weighted by atomic mass is 16.2. The van der Waals surface area contributed by atoms with Crippen molar-refractivity contribution in [3.63, 3.8) is 0 Å². The van der Waals surface area contributed by atoms with Crippen LogP contribution in [0.5, 0.6) is 0 Å². The van der Waals surface area contributed by atoms with Gasteiger partial charge >= 0.3 is 0 Å². The summed E-state index contributed by atoms with van der Waals surface area (Å²) in [4.78, 5) is 12.3. The number of nitrogens with one attached hydrogen (secondary N) is 2. The van der Waals surface area contributed by atoms with Crippen molar-refractivity contribution in [1.29, 1.82) is 0 Å². The van der Waals surface area contributed by atoms with Crippen molar-refractivity contribution in [2.75, 3.05) is 13.1 Å². The first-order valence-corrected chi connectivity index (χ1v) is 6.38. The molecule has 1 saturated heterocycles. The highest BCUT2D eigenvalue weighted by Crippen LogP contribution is 2.48. The van der Waals surface area contributed by atoms with Crippen molar-refractivity contribution in [3.05, 3.63) is 35.9 Å². The predicted octanol–water partition coefficient (Wildman–Crippen LogP) is 1.20. The van der Waals surface area contributed by atoms with Crippen LogP contribution in [0.1, 0.15) is 24.8 Å². The van der Waals surface area contributed by atoms with Gasteiger partial charge in [0.25, 0.3) is 0 Å². The van der Waals surface area contributed by atoms with Crippen LogP contribution in [0.15, 0.2) is 30.3 Å². The minimum Gasteiger partial charge on any atom is -0.351 e. The third kappa shape index (κ3) is 1.95. The number of hydrogen-bond donors (Lipinski definition) is 2. The minimum atomic E-state index is -0.218. The summed E-state index contributed by atoms with van der Waals surface area (Å²) in [6.07, 6.45) is 3.03. The summed E-state index contributed by atoms with van der Waals surface area (Å²) in [6.45, 7) is 1.93. The van der Waals surface area contributed by atoms with Crippen molar-refractivity contribution >= 4 is 5.91 Å². The van der Waals surface area contributed by atoms with Gasteiger partial charge in [0.15, 0.2) is 0 Å². The van der Waals surface area contributed by atoms with Crippen molar-refractivity contribution in [3.8, 4) is 0 Å². The van der Waals surface area contributed by atoms with E-state index in [4.69, 9.17) is 0 Å². The summed E-state index contributed by atoms with van der Waals surface area (Å²) < 4.78 is 0. The molecule has 17 heavy (non-hydrogen) atoms. The molecular formula is C14H18N2O. The second kappa shape index (κ2) is 4.15. The fraction of sp³-hybridized carbons (Fsp3) is 0.500. The molecule has 1 aromatic rings. The van der Waals surface area contributed by atoms with E-state index in [-0.39, 0.29) is 11.3 Å². The molecule has 2 aliphatic rings. The molecule has 0 radical (unpaired) electrons. The van der Waals surface area contributed by atoms with Gasteiger partial charge in [0.2, 0.25) is 5.91 Å². The average molecular weight is 230 g/mol. The lowest BCUT2D eigenvalue weighted by molar-refractivity contribution is -0.124. The van der Waals surface area contributed by atoms with E-state index in [0.29, 0.717) is 6.04 Å². The zero-order chi connectivity index (χ0) is 11.7. The number of benzene rings is 1. The maximum absolute atomic E-state index is 12.3. The monoisotopic (exact) mass is 230 g/mol. The van der Waals surface area contributed by atoms with Crippen LogP contribution in [0.4, 0.5) is 0 Å². The van der Waals surface area contributed by atoms with Crippen LogP contribution in [-0.4, -0.2) is 25.0 Å². The quantitative estimate of drug-likeness (QED) is 0.819. The predicted molar refractivity (Wildman–Crippen MR) is 66.8 cm³/mol. The fourth-order valence-corrected chi connectivity index (χ4v) is 2.63. The van der Waals surface area contributed by atoms with Gasteiger partial charge in [-0.15, -0.1) is 0 Å². The van der Waals surface area contributed by atoms with Crippen LogP contribution in [-0.2, 0) is 10.2 Å². The van der Waals surface area contributed by atoms with Gasteiger partial charge in [0.05, 0.1) is 5.41 Å². The van der Waals surface area contributed by atoms with Gasteiger partial charge < -0.3 is 10.6 Å². The lowest BCUT2D eigenvalue weighted by Gasteiger charge is -2.19. The molecule has 2 fully saturated rings. The number of amides is 1. The minimum absolute atomic E-state index is 0.218. The Hall–Kier alpha value is -1.35. The third-order valence-electron chi connectivity index (χ3n) is 3.91. The molecule has 0 aromatic heterocycles. The van der Waals surface area contributed by atoms with E-state index >= 15 is 0 Å². The van der Waals surface area contributed by atoms with E-state index in [1.54, 1.807) is 0 Å². The molecule has 1 atom stereocenters. The van der Waals surface area contributed by atoms with Gasteiger partial charge in [-0.2, -0.15) is 0 Å². The molecule has 1 saturated carbocycles. The Balaban J connectivity index is 1.72. The Morgan fingerprint density at radius 2 is 2.06 bits per heavy atom. The summed E-state index contributed by atoms with van der Waals surface area (Å²) >= 11 is 0.